The summed E-state index contributed by atoms with van der Waals surface area (Å²) in [4.78, 5) is 16.5. The SMILES string of the molecule is CNCC(C)C(=O)Nc1ccc2oc(C3CC3)nc2c1. The first-order chi connectivity index (χ1) is 9.67. The van der Waals surface area contributed by atoms with Gasteiger partial charge in [-0.1, -0.05) is 6.92 Å². The van der Waals surface area contributed by atoms with E-state index in [1.807, 2.05) is 32.2 Å². The van der Waals surface area contributed by atoms with E-state index in [4.69, 9.17) is 4.42 Å². The average molecular weight is 273 g/mol. The Balaban J connectivity index is 1.76. The van der Waals surface area contributed by atoms with Crippen LogP contribution in [0.3, 0.4) is 0 Å². The molecular formula is C15H19N3O2. The number of anilines is 1. The molecule has 1 saturated carbocycles. The van der Waals surface area contributed by atoms with Crippen LogP contribution in [0.2, 0.25) is 0 Å². The fourth-order valence-electron chi connectivity index (χ4n) is 2.19. The van der Waals surface area contributed by atoms with Crippen molar-refractivity contribution in [2.24, 2.45) is 5.92 Å². The van der Waals surface area contributed by atoms with Gasteiger partial charge >= 0.3 is 0 Å². The van der Waals surface area contributed by atoms with Crippen molar-refractivity contribution in [2.75, 3.05) is 18.9 Å². The normalized spacial score (nSPS) is 16.3. The maximum Gasteiger partial charge on any atom is 0.228 e. The van der Waals surface area contributed by atoms with Gasteiger partial charge in [-0.15, -0.1) is 0 Å². The predicted molar refractivity (Wildman–Crippen MR) is 77.7 cm³/mol. The molecule has 0 saturated heterocycles. The van der Waals surface area contributed by atoms with Crippen LogP contribution >= 0.6 is 0 Å². The lowest BCUT2D eigenvalue weighted by Crippen LogP contribution is -2.28. The first-order valence-electron chi connectivity index (χ1n) is 7.03. The third-order valence-corrected chi connectivity index (χ3v) is 3.56. The number of benzene rings is 1. The topological polar surface area (TPSA) is 67.2 Å². The van der Waals surface area contributed by atoms with Gasteiger partial charge in [0, 0.05) is 24.1 Å². The van der Waals surface area contributed by atoms with Crippen molar-refractivity contribution in [3.63, 3.8) is 0 Å². The molecular weight excluding hydrogens is 254 g/mol. The number of aromatic nitrogens is 1. The molecule has 5 heteroatoms. The maximum atomic E-state index is 12.0. The highest BCUT2D eigenvalue weighted by molar-refractivity contribution is 5.94. The summed E-state index contributed by atoms with van der Waals surface area (Å²) in [6.45, 7) is 2.55. The van der Waals surface area contributed by atoms with Crippen molar-refractivity contribution in [2.45, 2.75) is 25.7 Å². The zero-order valence-electron chi connectivity index (χ0n) is 11.8. The van der Waals surface area contributed by atoms with Crippen molar-refractivity contribution < 1.29 is 9.21 Å². The number of rotatable bonds is 5. The second-order valence-corrected chi connectivity index (χ2v) is 5.46. The number of hydrogen-bond donors (Lipinski definition) is 2. The first kappa shape index (κ1) is 13.1. The molecule has 1 unspecified atom stereocenters. The molecule has 1 heterocycles. The molecule has 2 aromatic rings. The lowest BCUT2D eigenvalue weighted by molar-refractivity contribution is -0.119. The molecule has 0 spiro atoms. The van der Waals surface area contributed by atoms with Crippen LogP contribution in [0.25, 0.3) is 11.1 Å². The zero-order chi connectivity index (χ0) is 14.1. The summed E-state index contributed by atoms with van der Waals surface area (Å²) in [7, 11) is 1.84. The van der Waals surface area contributed by atoms with Gasteiger partial charge in [0.25, 0.3) is 0 Å². The van der Waals surface area contributed by atoms with Crippen molar-refractivity contribution in [3.8, 4) is 0 Å². The van der Waals surface area contributed by atoms with Crippen LogP contribution in [-0.2, 0) is 4.79 Å². The molecule has 1 aromatic carbocycles. The van der Waals surface area contributed by atoms with Gasteiger partial charge in [-0.2, -0.15) is 0 Å². The van der Waals surface area contributed by atoms with Crippen LogP contribution in [0.15, 0.2) is 22.6 Å². The second-order valence-electron chi connectivity index (χ2n) is 5.46. The average Bonchev–Trinajstić information content (AvgIpc) is 3.19. The number of hydrogen-bond acceptors (Lipinski definition) is 4. The third kappa shape index (κ3) is 2.67. The summed E-state index contributed by atoms with van der Waals surface area (Å²) in [5.41, 5.74) is 2.36. The molecule has 2 N–H and O–H groups in total. The highest BCUT2D eigenvalue weighted by atomic mass is 16.3. The van der Waals surface area contributed by atoms with E-state index in [0.29, 0.717) is 12.5 Å². The van der Waals surface area contributed by atoms with Crippen LogP contribution in [0.1, 0.15) is 31.6 Å². The summed E-state index contributed by atoms with van der Waals surface area (Å²) in [5, 5.41) is 5.91. The van der Waals surface area contributed by atoms with E-state index in [0.717, 1.165) is 35.5 Å². The summed E-state index contributed by atoms with van der Waals surface area (Å²) in [6, 6.07) is 5.59. The number of carbonyl (C=O) groups excluding carboxylic acids is 1. The Hall–Kier alpha value is -1.88. The molecule has 1 aromatic heterocycles. The number of fused-ring (bicyclic) bond motifs is 1. The van der Waals surface area contributed by atoms with Crippen LogP contribution in [0.4, 0.5) is 5.69 Å². The minimum atomic E-state index is -0.0740. The number of carbonyl (C=O) groups is 1. The third-order valence-electron chi connectivity index (χ3n) is 3.56. The monoisotopic (exact) mass is 273 g/mol. The van der Waals surface area contributed by atoms with Gasteiger partial charge in [-0.05, 0) is 38.1 Å². The number of amides is 1. The van der Waals surface area contributed by atoms with Gasteiger partial charge < -0.3 is 15.1 Å². The molecule has 1 amide bonds. The second kappa shape index (κ2) is 5.25. The summed E-state index contributed by atoms with van der Waals surface area (Å²) in [5.74, 6) is 1.25. The van der Waals surface area contributed by atoms with E-state index in [-0.39, 0.29) is 11.8 Å². The minimum absolute atomic E-state index is 0.00427. The molecule has 1 aliphatic carbocycles. The quantitative estimate of drug-likeness (QED) is 0.878. The van der Waals surface area contributed by atoms with Gasteiger partial charge in [-0.25, -0.2) is 4.98 Å². The van der Waals surface area contributed by atoms with Gasteiger partial charge in [0.05, 0.1) is 0 Å². The van der Waals surface area contributed by atoms with E-state index >= 15 is 0 Å². The molecule has 0 bridgehead atoms. The number of nitrogens with one attached hydrogen (secondary N) is 2. The van der Waals surface area contributed by atoms with Crippen LogP contribution < -0.4 is 10.6 Å². The molecule has 0 aliphatic heterocycles. The fourth-order valence-corrected chi connectivity index (χ4v) is 2.19. The first-order valence-corrected chi connectivity index (χ1v) is 7.03. The van der Waals surface area contributed by atoms with Crippen LogP contribution in [0.5, 0.6) is 0 Å². The van der Waals surface area contributed by atoms with Crippen molar-refractivity contribution in [3.05, 3.63) is 24.1 Å². The lowest BCUT2D eigenvalue weighted by atomic mass is 10.1. The minimum Gasteiger partial charge on any atom is -0.440 e. The lowest BCUT2D eigenvalue weighted by Gasteiger charge is -2.11. The highest BCUT2D eigenvalue weighted by Crippen LogP contribution is 2.40. The van der Waals surface area contributed by atoms with Crippen molar-refractivity contribution >= 4 is 22.7 Å². The Morgan fingerprint density at radius 2 is 2.30 bits per heavy atom. The zero-order valence-corrected chi connectivity index (χ0v) is 11.8. The fraction of sp³-hybridized carbons (Fsp3) is 0.467. The number of nitrogens with zero attached hydrogens (tertiary/aromatic N) is 1. The molecule has 0 radical (unpaired) electrons. The van der Waals surface area contributed by atoms with Gasteiger partial charge in [0.2, 0.25) is 5.91 Å². The summed E-state index contributed by atoms with van der Waals surface area (Å²) < 4.78 is 5.70. The molecule has 20 heavy (non-hydrogen) atoms. The van der Waals surface area contributed by atoms with E-state index in [1.165, 1.54) is 0 Å². The largest absolute Gasteiger partial charge is 0.440 e. The van der Waals surface area contributed by atoms with E-state index in [9.17, 15) is 4.79 Å². The molecule has 1 atom stereocenters. The Bertz CT molecular complexity index is 631. The standard InChI is InChI=1S/C15H19N3O2/c1-9(8-16-2)14(19)17-11-5-6-13-12(7-11)18-15(20-13)10-3-4-10/h5-7,9-10,16H,3-4,8H2,1-2H3,(H,17,19). The molecule has 1 aliphatic rings. The predicted octanol–water partition coefficient (Wildman–Crippen LogP) is 2.50. The summed E-state index contributed by atoms with van der Waals surface area (Å²) in [6.07, 6.45) is 2.33. The van der Waals surface area contributed by atoms with E-state index in [1.54, 1.807) is 0 Å². The Morgan fingerprint density at radius 3 is 3.00 bits per heavy atom. The number of oxazole rings is 1. The molecule has 5 nitrogen and oxygen atoms in total. The highest BCUT2D eigenvalue weighted by Gasteiger charge is 2.28. The smallest absolute Gasteiger partial charge is 0.228 e. The van der Waals surface area contributed by atoms with Crippen LogP contribution in [-0.4, -0.2) is 24.5 Å². The van der Waals surface area contributed by atoms with Crippen molar-refractivity contribution in [1.82, 2.24) is 10.3 Å². The van der Waals surface area contributed by atoms with Gasteiger partial charge in [0.15, 0.2) is 11.5 Å². The van der Waals surface area contributed by atoms with Gasteiger partial charge in [0.1, 0.15) is 5.52 Å². The molecule has 3 rings (SSSR count). The van der Waals surface area contributed by atoms with Gasteiger partial charge in [-0.3, -0.25) is 4.79 Å². The van der Waals surface area contributed by atoms with E-state index in [2.05, 4.69) is 15.6 Å². The Morgan fingerprint density at radius 1 is 1.50 bits per heavy atom. The Labute approximate surface area is 117 Å². The van der Waals surface area contributed by atoms with Crippen LogP contribution in [0, 0.1) is 5.92 Å². The van der Waals surface area contributed by atoms with Crippen molar-refractivity contribution in [1.29, 1.82) is 0 Å². The molecule has 106 valence electrons. The Kier molecular flexibility index (Phi) is 3.44. The summed E-state index contributed by atoms with van der Waals surface area (Å²) >= 11 is 0. The maximum absolute atomic E-state index is 12.0. The molecule has 1 fully saturated rings. The van der Waals surface area contributed by atoms with E-state index < -0.39 is 0 Å².